The Morgan fingerprint density at radius 3 is 2.32 bits per heavy atom. The second kappa shape index (κ2) is 8.56. The predicted molar refractivity (Wildman–Crippen MR) is 106 cm³/mol. The summed E-state index contributed by atoms with van der Waals surface area (Å²) in [6.45, 7) is 7.17. The smallest absolute Gasteiger partial charge is 0.359 e. The molecule has 11 heteroatoms. The van der Waals surface area contributed by atoms with Crippen LogP contribution in [-0.4, -0.2) is 58.1 Å². The molecule has 3 amide bonds. The molecule has 0 radical (unpaired) electrons. The first-order chi connectivity index (χ1) is 14.4. The Morgan fingerprint density at radius 1 is 1.06 bits per heavy atom. The fraction of sp³-hybridized carbons (Fsp3) is 0.500. The SMILES string of the molecule is CC(C)(C)c1cc(NC(=O)N2CCCN(C(=O)c3ccc(C(F)(F)F)cn3)CC2)no1. The van der Waals surface area contributed by atoms with Crippen molar-refractivity contribution in [3.8, 4) is 0 Å². The van der Waals surface area contributed by atoms with Crippen LogP contribution in [0, 0.1) is 0 Å². The quantitative estimate of drug-likeness (QED) is 0.769. The van der Waals surface area contributed by atoms with Gasteiger partial charge in [0.15, 0.2) is 5.82 Å². The minimum absolute atomic E-state index is 0.0665. The zero-order valence-electron chi connectivity index (χ0n) is 17.5. The molecular formula is C20H24F3N5O3. The Kier molecular flexibility index (Phi) is 6.23. The first-order valence-corrected chi connectivity index (χ1v) is 9.81. The molecule has 0 saturated carbocycles. The number of nitrogens with one attached hydrogen (secondary N) is 1. The van der Waals surface area contributed by atoms with Gasteiger partial charge in [0, 0.05) is 43.9 Å². The maximum atomic E-state index is 12.7. The lowest BCUT2D eigenvalue weighted by Gasteiger charge is -2.22. The minimum atomic E-state index is -4.51. The standard InChI is InChI=1S/C20H24F3N5O3/c1-19(2,3)15-11-16(26-31-15)25-18(30)28-8-4-7-27(9-10-28)17(29)14-6-5-13(12-24-14)20(21,22)23/h5-6,11-12H,4,7-10H2,1-3H3,(H,25,26,30). The van der Waals surface area contributed by atoms with Gasteiger partial charge >= 0.3 is 12.2 Å². The van der Waals surface area contributed by atoms with Crippen molar-refractivity contribution in [3.05, 3.63) is 41.4 Å². The van der Waals surface area contributed by atoms with Crippen LogP contribution < -0.4 is 5.32 Å². The van der Waals surface area contributed by atoms with Crippen molar-refractivity contribution in [2.45, 2.75) is 38.8 Å². The monoisotopic (exact) mass is 439 g/mol. The van der Waals surface area contributed by atoms with Crippen LogP contribution in [0.4, 0.5) is 23.8 Å². The molecule has 0 spiro atoms. The molecular weight excluding hydrogens is 415 g/mol. The van der Waals surface area contributed by atoms with Crippen molar-refractivity contribution in [1.29, 1.82) is 0 Å². The number of halogens is 3. The number of urea groups is 1. The van der Waals surface area contributed by atoms with Gasteiger partial charge in [0.05, 0.1) is 5.56 Å². The molecule has 0 unspecified atom stereocenters. The van der Waals surface area contributed by atoms with Gasteiger partial charge in [0.2, 0.25) is 0 Å². The molecule has 0 aliphatic carbocycles. The molecule has 1 aliphatic heterocycles. The molecule has 168 valence electrons. The van der Waals surface area contributed by atoms with E-state index < -0.39 is 17.6 Å². The number of amides is 3. The molecule has 3 rings (SSSR count). The van der Waals surface area contributed by atoms with Crippen molar-refractivity contribution in [1.82, 2.24) is 19.9 Å². The second-order valence-electron chi connectivity index (χ2n) is 8.32. The Labute approximate surface area is 177 Å². The summed E-state index contributed by atoms with van der Waals surface area (Å²) >= 11 is 0. The Bertz CT molecular complexity index is 935. The van der Waals surface area contributed by atoms with E-state index in [1.54, 1.807) is 11.0 Å². The van der Waals surface area contributed by atoms with Crippen LogP contribution in [0.15, 0.2) is 28.9 Å². The molecule has 1 N–H and O–H groups in total. The van der Waals surface area contributed by atoms with Crippen LogP contribution in [0.5, 0.6) is 0 Å². The molecule has 1 saturated heterocycles. The van der Waals surface area contributed by atoms with E-state index in [1.165, 1.54) is 4.90 Å². The summed E-state index contributed by atoms with van der Waals surface area (Å²) in [6, 6.07) is 3.21. The summed E-state index contributed by atoms with van der Waals surface area (Å²) in [5.41, 5.74) is -1.22. The fourth-order valence-electron chi connectivity index (χ4n) is 3.05. The van der Waals surface area contributed by atoms with Crippen LogP contribution in [0.1, 0.15) is 49.0 Å². The topological polar surface area (TPSA) is 91.6 Å². The van der Waals surface area contributed by atoms with Gasteiger partial charge in [-0.25, -0.2) is 4.79 Å². The third-order valence-corrected chi connectivity index (χ3v) is 4.86. The molecule has 31 heavy (non-hydrogen) atoms. The Balaban J connectivity index is 1.59. The Hall–Kier alpha value is -3.11. The first-order valence-electron chi connectivity index (χ1n) is 9.81. The van der Waals surface area contributed by atoms with E-state index >= 15 is 0 Å². The minimum Gasteiger partial charge on any atom is -0.359 e. The molecule has 3 heterocycles. The summed E-state index contributed by atoms with van der Waals surface area (Å²) < 4.78 is 43.3. The molecule has 0 bridgehead atoms. The molecule has 1 aliphatic rings. The Morgan fingerprint density at radius 2 is 1.74 bits per heavy atom. The van der Waals surface area contributed by atoms with Gasteiger partial charge in [-0.2, -0.15) is 13.2 Å². The highest BCUT2D eigenvalue weighted by atomic mass is 19.4. The van der Waals surface area contributed by atoms with Crippen molar-refractivity contribution in [2.75, 3.05) is 31.5 Å². The maximum absolute atomic E-state index is 12.7. The number of hydrogen-bond acceptors (Lipinski definition) is 5. The molecule has 8 nitrogen and oxygen atoms in total. The number of carbonyl (C=O) groups is 2. The van der Waals surface area contributed by atoms with E-state index in [4.69, 9.17) is 4.52 Å². The summed E-state index contributed by atoms with van der Waals surface area (Å²) in [4.78, 5) is 31.9. The molecule has 0 atom stereocenters. The average Bonchev–Trinajstić information content (AvgIpc) is 3.03. The van der Waals surface area contributed by atoms with E-state index in [2.05, 4.69) is 15.5 Å². The van der Waals surface area contributed by atoms with E-state index in [-0.39, 0.29) is 30.2 Å². The van der Waals surface area contributed by atoms with Crippen LogP contribution >= 0.6 is 0 Å². The lowest BCUT2D eigenvalue weighted by molar-refractivity contribution is -0.137. The summed E-state index contributed by atoms with van der Waals surface area (Å²) in [5.74, 6) is 0.475. The van der Waals surface area contributed by atoms with Gasteiger partial charge in [-0.3, -0.25) is 15.1 Å². The fourth-order valence-corrected chi connectivity index (χ4v) is 3.05. The number of alkyl halides is 3. The van der Waals surface area contributed by atoms with Gasteiger partial charge in [0.25, 0.3) is 5.91 Å². The predicted octanol–water partition coefficient (Wildman–Crippen LogP) is 3.77. The number of pyridine rings is 1. The lowest BCUT2D eigenvalue weighted by Crippen LogP contribution is -2.39. The number of hydrogen-bond donors (Lipinski definition) is 1. The zero-order chi connectivity index (χ0) is 22.8. The average molecular weight is 439 g/mol. The normalized spacial score (nSPS) is 15.5. The van der Waals surface area contributed by atoms with Gasteiger partial charge < -0.3 is 14.3 Å². The molecule has 1 fully saturated rings. The highest BCUT2D eigenvalue weighted by Gasteiger charge is 2.31. The van der Waals surface area contributed by atoms with Gasteiger partial charge in [0.1, 0.15) is 11.5 Å². The highest BCUT2D eigenvalue weighted by molar-refractivity contribution is 5.92. The maximum Gasteiger partial charge on any atom is 0.417 e. The molecule has 2 aromatic heterocycles. The zero-order valence-corrected chi connectivity index (χ0v) is 17.5. The lowest BCUT2D eigenvalue weighted by atomic mass is 9.93. The van der Waals surface area contributed by atoms with Crippen LogP contribution in [0.2, 0.25) is 0 Å². The molecule has 2 aromatic rings. The highest BCUT2D eigenvalue weighted by Crippen LogP contribution is 2.28. The van der Waals surface area contributed by atoms with Crippen LogP contribution in [0.3, 0.4) is 0 Å². The number of aromatic nitrogens is 2. The van der Waals surface area contributed by atoms with E-state index in [9.17, 15) is 22.8 Å². The summed E-state index contributed by atoms with van der Waals surface area (Å²) in [7, 11) is 0. The van der Waals surface area contributed by atoms with Gasteiger partial charge in [-0.15, -0.1) is 0 Å². The van der Waals surface area contributed by atoms with Crippen molar-refractivity contribution in [2.24, 2.45) is 0 Å². The number of nitrogens with zero attached hydrogens (tertiary/aromatic N) is 4. The van der Waals surface area contributed by atoms with Gasteiger partial charge in [-0.05, 0) is 18.6 Å². The van der Waals surface area contributed by atoms with E-state index in [0.717, 1.165) is 12.1 Å². The molecule has 0 aromatic carbocycles. The third-order valence-electron chi connectivity index (χ3n) is 4.86. The summed E-state index contributed by atoms with van der Waals surface area (Å²) in [5, 5.41) is 6.55. The third kappa shape index (κ3) is 5.53. The largest absolute Gasteiger partial charge is 0.417 e. The van der Waals surface area contributed by atoms with Crippen LogP contribution in [-0.2, 0) is 11.6 Å². The van der Waals surface area contributed by atoms with Gasteiger partial charge in [-0.1, -0.05) is 25.9 Å². The first kappa shape index (κ1) is 22.6. The summed E-state index contributed by atoms with van der Waals surface area (Å²) in [6.07, 6.45) is -3.34. The van der Waals surface area contributed by atoms with E-state index in [1.807, 2.05) is 20.8 Å². The number of anilines is 1. The second-order valence-corrected chi connectivity index (χ2v) is 8.32. The van der Waals surface area contributed by atoms with E-state index in [0.29, 0.717) is 37.3 Å². The van der Waals surface area contributed by atoms with Crippen LogP contribution in [0.25, 0.3) is 0 Å². The van der Waals surface area contributed by atoms with Crippen molar-refractivity contribution in [3.63, 3.8) is 0 Å². The number of rotatable bonds is 2. The number of carbonyl (C=O) groups excluding carboxylic acids is 2. The van der Waals surface area contributed by atoms with Crippen molar-refractivity contribution < 1.29 is 27.3 Å². The van der Waals surface area contributed by atoms with Crippen molar-refractivity contribution >= 4 is 17.8 Å².